The van der Waals surface area contributed by atoms with Gasteiger partial charge in [0.25, 0.3) is 0 Å². The fourth-order valence-electron chi connectivity index (χ4n) is 3.23. The van der Waals surface area contributed by atoms with Gasteiger partial charge in [-0.1, -0.05) is 0 Å². The molecule has 0 N–H and O–H groups in total. The molecule has 2 fully saturated rings. The molecular weight excluding hydrogens is 340 g/mol. The van der Waals surface area contributed by atoms with Crippen LogP contribution in [0.4, 0.5) is 11.8 Å². The number of fused-ring (bicyclic) bond motifs is 3. The number of hydrogen-bond acceptors (Lipinski definition) is 9. The minimum atomic E-state index is 0.707. The van der Waals surface area contributed by atoms with Crippen molar-refractivity contribution >= 4 is 43.7 Å². The summed E-state index contributed by atoms with van der Waals surface area (Å²) in [5.74, 6) is 1.72. The third-order valence-electron chi connectivity index (χ3n) is 4.53. The molecule has 0 spiro atoms. The quantitative estimate of drug-likeness (QED) is 0.679. The van der Waals surface area contributed by atoms with E-state index in [1.54, 1.807) is 23.7 Å². The minimum Gasteiger partial charge on any atom is -0.378 e. The standard InChI is InChI=1S/C16H18N6O2S/c1-2-18-15-12(17-1)11-13(25-15)14(21-3-7-23-8-4-21)20-16(19-11)22-5-9-24-10-6-22/h1-2H,3-10H2. The molecule has 2 saturated heterocycles. The van der Waals surface area contributed by atoms with E-state index >= 15 is 0 Å². The fourth-order valence-corrected chi connectivity index (χ4v) is 4.29. The highest BCUT2D eigenvalue weighted by Crippen LogP contribution is 2.37. The van der Waals surface area contributed by atoms with Gasteiger partial charge >= 0.3 is 0 Å². The van der Waals surface area contributed by atoms with Crippen LogP contribution in [-0.4, -0.2) is 72.5 Å². The smallest absolute Gasteiger partial charge is 0.228 e. The Morgan fingerprint density at radius 3 is 2.24 bits per heavy atom. The van der Waals surface area contributed by atoms with Crippen molar-refractivity contribution < 1.29 is 9.47 Å². The monoisotopic (exact) mass is 358 g/mol. The average molecular weight is 358 g/mol. The summed E-state index contributed by atoms with van der Waals surface area (Å²) in [6.07, 6.45) is 3.45. The van der Waals surface area contributed by atoms with Crippen molar-refractivity contribution in [1.82, 2.24) is 19.9 Å². The van der Waals surface area contributed by atoms with Crippen molar-refractivity contribution in [3.05, 3.63) is 12.4 Å². The molecule has 130 valence electrons. The van der Waals surface area contributed by atoms with Crippen molar-refractivity contribution in [2.75, 3.05) is 62.4 Å². The molecule has 0 aliphatic carbocycles. The predicted molar refractivity (Wildman–Crippen MR) is 96.6 cm³/mol. The van der Waals surface area contributed by atoms with E-state index in [4.69, 9.17) is 19.4 Å². The number of aromatic nitrogens is 4. The first-order valence-corrected chi connectivity index (χ1v) is 9.28. The zero-order valence-electron chi connectivity index (χ0n) is 13.7. The highest BCUT2D eigenvalue weighted by molar-refractivity contribution is 7.25. The third kappa shape index (κ3) is 2.68. The molecule has 5 rings (SSSR count). The van der Waals surface area contributed by atoms with Gasteiger partial charge in [0.15, 0.2) is 5.82 Å². The first kappa shape index (κ1) is 15.2. The number of rotatable bonds is 2. The lowest BCUT2D eigenvalue weighted by Crippen LogP contribution is -2.39. The van der Waals surface area contributed by atoms with Crippen LogP contribution in [0.2, 0.25) is 0 Å². The van der Waals surface area contributed by atoms with Gasteiger partial charge in [-0.3, -0.25) is 0 Å². The van der Waals surface area contributed by atoms with Gasteiger partial charge in [0.2, 0.25) is 5.95 Å². The van der Waals surface area contributed by atoms with E-state index in [2.05, 4.69) is 19.8 Å². The summed E-state index contributed by atoms with van der Waals surface area (Å²) < 4.78 is 12.0. The molecule has 0 amide bonds. The SMILES string of the molecule is c1cnc2c(n1)sc1c(N3CCOCC3)nc(N3CCOCC3)nc12. The molecule has 0 aromatic carbocycles. The van der Waals surface area contributed by atoms with E-state index in [-0.39, 0.29) is 0 Å². The van der Waals surface area contributed by atoms with Crippen LogP contribution in [0.25, 0.3) is 20.6 Å². The Kier molecular flexibility index (Phi) is 3.84. The van der Waals surface area contributed by atoms with Crippen LogP contribution >= 0.6 is 11.3 Å². The van der Waals surface area contributed by atoms with Crippen LogP contribution in [0.5, 0.6) is 0 Å². The van der Waals surface area contributed by atoms with Crippen molar-refractivity contribution in [2.45, 2.75) is 0 Å². The van der Waals surface area contributed by atoms with Crippen LogP contribution in [0.1, 0.15) is 0 Å². The zero-order chi connectivity index (χ0) is 16.6. The lowest BCUT2D eigenvalue weighted by molar-refractivity contribution is 0.121. The molecule has 0 unspecified atom stereocenters. The number of morpholine rings is 2. The molecule has 0 saturated carbocycles. The highest BCUT2D eigenvalue weighted by Gasteiger charge is 2.24. The molecular formula is C16H18N6O2S. The first-order chi connectivity index (χ1) is 12.4. The van der Waals surface area contributed by atoms with E-state index in [1.807, 2.05) is 0 Å². The Balaban J connectivity index is 1.70. The Morgan fingerprint density at radius 1 is 0.800 bits per heavy atom. The predicted octanol–water partition coefficient (Wildman–Crippen LogP) is 1.31. The maximum Gasteiger partial charge on any atom is 0.228 e. The van der Waals surface area contributed by atoms with Gasteiger partial charge in [0.05, 0.1) is 26.4 Å². The molecule has 9 heteroatoms. The minimum absolute atomic E-state index is 0.707. The van der Waals surface area contributed by atoms with E-state index in [0.717, 1.165) is 71.7 Å². The largest absolute Gasteiger partial charge is 0.378 e. The number of anilines is 2. The Morgan fingerprint density at radius 2 is 1.48 bits per heavy atom. The summed E-state index contributed by atoms with van der Waals surface area (Å²) in [5, 5.41) is 0. The van der Waals surface area contributed by atoms with Gasteiger partial charge in [0.1, 0.15) is 20.6 Å². The number of hydrogen-bond donors (Lipinski definition) is 0. The van der Waals surface area contributed by atoms with Crippen molar-refractivity contribution in [3.63, 3.8) is 0 Å². The first-order valence-electron chi connectivity index (χ1n) is 8.47. The summed E-state index contributed by atoms with van der Waals surface area (Å²) in [5.41, 5.74) is 1.75. The van der Waals surface area contributed by atoms with Crippen LogP contribution in [0.3, 0.4) is 0 Å². The van der Waals surface area contributed by atoms with E-state index < -0.39 is 0 Å². The summed E-state index contributed by atoms with van der Waals surface area (Å²) in [6.45, 7) is 6.15. The number of nitrogens with zero attached hydrogens (tertiary/aromatic N) is 6. The summed E-state index contributed by atoms with van der Waals surface area (Å²) in [7, 11) is 0. The van der Waals surface area contributed by atoms with Crippen LogP contribution in [0.15, 0.2) is 12.4 Å². The maximum atomic E-state index is 5.51. The van der Waals surface area contributed by atoms with Gasteiger partial charge in [-0.15, -0.1) is 11.3 Å². The fraction of sp³-hybridized carbons (Fsp3) is 0.500. The maximum absolute atomic E-state index is 5.51. The number of ether oxygens (including phenoxy) is 2. The normalized spacial score (nSPS) is 19.0. The highest BCUT2D eigenvalue weighted by atomic mass is 32.1. The van der Waals surface area contributed by atoms with Gasteiger partial charge in [-0.2, -0.15) is 4.98 Å². The third-order valence-corrected chi connectivity index (χ3v) is 5.60. The topological polar surface area (TPSA) is 76.5 Å². The van der Waals surface area contributed by atoms with E-state index in [1.165, 1.54) is 0 Å². The van der Waals surface area contributed by atoms with Crippen LogP contribution < -0.4 is 9.80 Å². The molecule has 0 bridgehead atoms. The second kappa shape index (κ2) is 6.32. The molecule has 5 heterocycles. The van der Waals surface area contributed by atoms with Gasteiger partial charge in [-0.05, 0) is 0 Å². The van der Waals surface area contributed by atoms with Crippen LogP contribution in [0, 0.1) is 0 Å². The van der Waals surface area contributed by atoms with E-state index in [9.17, 15) is 0 Å². The van der Waals surface area contributed by atoms with Crippen molar-refractivity contribution in [1.29, 1.82) is 0 Å². The lowest BCUT2D eigenvalue weighted by atomic mass is 10.3. The molecule has 25 heavy (non-hydrogen) atoms. The van der Waals surface area contributed by atoms with Crippen molar-refractivity contribution in [3.8, 4) is 0 Å². The Labute approximate surface area is 148 Å². The molecule has 2 aliphatic rings. The van der Waals surface area contributed by atoms with Gasteiger partial charge in [0, 0.05) is 38.6 Å². The second-order valence-electron chi connectivity index (χ2n) is 6.04. The van der Waals surface area contributed by atoms with Crippen LogP contribution in [-0.2, 0) is 9.47 Å². The number of thiophene rings is 1. The molecule has 0 radical (unpaired) electrons. The molecule has 3 aromatic rings. The lowest BCUT2D eigenvalue weighted by Gasteiger charge is -2.30. The summed E-state index contributed by atoms with van der Waals surface area (Å²) in [6, 6.07) is 0. The Bertz CT molecular complexity index is 904. The average Bonchev–Trinajstić information content (AvgIpc) is 3.07. The Hall–Kier alpha value is -2.10. The van der Waals surface area contributed by atoms with Gasteiger partial charge in [-0.25, -0.2) is 15.0 Å². The summed E-state index contributed by atoms with van der Waals surface area (Å²) >= 11 is 1.61. The second-order valence-corrected chi connectivity index (χ2v) is 7.04. The van der Waals surface area contributed by atoms with E-state index in [0.29, 0.717) is 13.2 Å². The molecule has 3 aromatic heterocycles. The van der Waals surface area contributed by atoms with Gasteiger partial charge < -0.3 is 19.3 Å². The zero-order valence-corrected chi connectivity index (χ0v) is 14.5. The molecule has 0 atom stereocenters. The molecule has 8 nitrogen and oxygen atoms in total. The molecule has 2 aliphatic heterocycles. The summed E-state index contributed by atoms with van der Waals surface area (Å²) in [4.78, 5) is 24.1. The van der Waals surface area contributed by atoms with Crippen molar-refractivity contribution in [2.24, 2.45) is 0 Å².